The number of hydrogen-bond donors (Lipinski definition) is 2. The Balaban J connectivity index is 2.87. The Labute approximate surface area is 118 Å². The molecular formula is C11H13BrN2O5. The van der Waals surface area contributed by atoms with Crippen LogP contribution >= 0.6 is 15.9 Å². The first-order chi connectivity index (χ1) is 8.99. The average molecular weight is 333 g/mol. The standard InChI is InChI=1S/C11H13BrN2O5/c1-17-7-3-6(4-8(18-2)10(7)12)11(16)14-19-5-9(13)15/h3-4H,5H2,1-2H3,(H2,13,15)(H,14,16). The summed E-state index contributed by atoms with van der Waals surface area (Å²) in [6, 6.07) is 2.99. The first kappa shape index (κ1) is 15.3. The first-order valence-corrected chi connectivity index (χ1v) is 5.90. The maximum Gasteiger partial charge on any atom is 0.275 e. The lowest BCUT2D eigenvalue weighted by molar-refractivity contribution is -0.124. The number of methoxy groups -OCH3 is 2. The normalized spacial score (nSPS) is 9.84. The molecule has 0 aliphatic heterocycles. The van der Waals surface area contributed by atoms with Gasteiger partial charge in [0.1, 0.15) is 16.0 Å². The van der Waals surface area contributed by atoms with Crippen molar-refractivity contribution in [2.45, 2.75) is 0 Å². The van der Waals surface area contributed by atoms with Gasteiger partial charge < -0.3 is 15.2 Å². The predicted octanol–water partition coefficient (Wildman–Crippen LogP) is 0.613. The highest BCUT2D eigenvalue weighted by Gasteiger charge is 2.14. The molecule has 0 saturated carbocycles. The van der Waals surface area contributed by atoms with Gasteiger partial charge in [0.05, 0.1) is 14.2 Å². The number of halogens is 1. The van der Waals surface area contributed by atoms with Crippen LogP contribution in [0.5, 0.6) is 11.5 Å². The van der Waals surface area contributed by atoms with Crippen molar-refractivity contribution in [3.63, 3.8) is 0 Å². The van der Waals surface area contributed by atoms with Crippen LogP contribution in [0.4, 0.5) is 0 Å². The fourth-order valence-corrected chi connectivity index (χ4v) is 1.78. The summed E-state index contributed by atoms with van der Waals surface area (Å²) < 4.78 is 10.8. The van der Waals surface area contributed by atoms with Crippen LogP contribution in [0.2, 0.25) is 0 Å². The van der Waals surface area contributed by atoms with Crippen molar-refractivity contribution in [2.75, 3.05) is 20.8 Å². The molecule has 0 spiro atoms. The second-order valence-electron chi connectivity index (χ2n) is 3.38. The molecule has 0 atom stereocenters. The number of nitrogens with one attached hydrogen (secondary N) is 1. The molecule has 8 heteroatoms. The number of benzene rings is 1. The zero-order chi connectivity index (χ0) is 14.4. The summed E-state index contributed by atoms with van der Waals surface area (Å²) in [5.41, 5.74) is 7.20. The smallest absolute Gasteiger partial charge is 0.275 e. The van der Waals surface area contributed by atoms with E-state index < -0.39 is 18.4 Å². The molecule has 0 saturated heterocycles. The Bertz CT molecular complexity index is 467. The van der Waals surface area contributed by atoms with Gasteiger partial charge in [0, 0.05) is 5.56 Å². The fourth-order valence-electron chi connectivity index (χ4n) is 1.23. The fraction of sp³-hybridized carbons (Fsp3) is 0.273. The molecule has 19 heavy (non-hydrogen) atoms. The van der Waals surface area contributed by atoms with Crippen molar-refractivity contribution in [1.29, 1.82) is 0 Å². The quantitative estimate of drug-likeness (QED) is 0.743. The molecule has 7 nitrogen and oxygen atoms in total. The molecule has 0 aromatic heterocycles. The largest absolute Gasteiger partial charge is 0.495 e. The number of primary amides is 1. The zero-order valence-electron chi connectivity index (χ0n) is 10.4. The van der Waals surface area contributed by atoms with Crippen LogP contribution in [0.1, 0.15) is 10.4 Å². The molecule has 0 aliphatic carbocycles. The monoisotopic (exact) mass is 332 g/mol. The summed E-state index contributed by atoms with van der Waals surface area (Å²) >= 11 is 3.28. The molecule has 0 aliphatic rings. The Kier molecular flexibility index (Phi) is 5.58. The van der Waals surface area contributed by atoms with Crippen LogP contribution in [0.15, 0.2) is 16.6 Å². The summed E-state index contributed by atoms with van der Waals surface area (Å²) in [5.74, 6) is -0.379. The van der Waals surface area contributed by atoms with E-state index in [1.54, 1.807) is 0 Å². The van der Waals surface area contributed by atoms with Gasteiger partial charge in [-0.25, -0.2) is 5.48 Å². The molecule has 0 heterocycles. The number of carbonyl (C=O) groups excluding carboxylic acids is 2. The lowest BCUT2D eigenvalue weighted by Gasteiger charge is -2.11. The van der Waals surface area contributed by atoms with E-state index in [1.807, 2.05) is 0 Å². The van der Waals surface area contributed by atoms with Crippen LogP contribution in [0.25, 0.3) is 0 Å². The summed E-state index contributed by atoms with van der Waals surface area (Å²) in [5, 5.41) is 0. The highest BCUT2D eigenvalue weighted by molar-refractivity contribution is 9.10. The van der Waals surface area contributed by atoms with Crippen molar-refractivity contribution in [3.05, 3.63) is 22.2 Å². The van der Waals surface area contributed by atoms with Gasteiger partial charge in [0.15, 0.2) is 6.61 Å². The van der Waals surface area contributed by atoms with E-state index in [-0.39, 0.29) is 5.56 Å². The van der Waals surface area contributed by atoms with Crippen LogP contribution in [0, 0.1) is 0 Å². The molecule has 0 bridgehead atoms. The maximum atomic E-state index is 11.8. The lowest BCUT2D eigenvalue weighted by atomic mass is 10.2. The topological polar surface area (TPSA) is 99.9 Å². The molecule has 1 rings (SSSR count). The minimum Gasteiger partial charge on any atom is -0.495 e. The molecule has 104 valence electrons. The summed E-state index contributed by atoms with van der Waals surface area (Å²) in [4.78, 5) is 26.8. The molecule has 0 radical (unpaired) electrons. The van der Waals surface area contributed by atoms with Crippen LogP contribution in [-0.2, 0) is 9.63 Å². The first-order valence-electron chi connectivity index (χ1n) is 5.11. The Hall–Kier alpha value is -1.80. The van der Waals surface area contributed by atoms with E-state index in [1.165, 1.54) is 26.4 Å². The van der Waals surface area contributed by atoms with Gasteiger partial charge in [0.25, 0.3) is 5.91 Å². The third-order valence-corrected chi connectivity index (χ3v) is 2.87. The van der Waals surface area contributed by atoms with Gasteiger partial charge in [-0.15, -0.1) is 0 Å². The van der Waals surface area contributed by atoms with Crippen molar-refractivity contribution in [2.24, 2.45) is 5.73 Å². The summed E-state index contributed by atoms with van der Waals surface area (Å²) in [6.45, 7) is -0.406. The van der Waals surface area contributed by atoms with E-state index in [0.717, 1.165) is 0 Å². The maximum absolute atomic E-state index is 11.8. The average Bonchev–Trinajstić information content (AvgIpc) is 2.38. The van der Waals surface area contributed by atoms with Gasteiger partial charge in [-0.3, -0.25) is 14.4 Å². The van der Waals surface area contributed by atoms with E-state index in [2.05, 4.69) is 26.2 Å². The molecule has 1 aromatic carbocycles. The Morgan fingerprint density at radius 2 is 1.79 bits per heavy atom. The van der Waals surface area contributed by atoms with E-state index in [9.17, 15) is 9.59 Å². The van der Waals surface area contributed by atoms with Crippen LogP contribution < -0.4 is 20.7 Å². The number of rotatable bonds is 6. The van der Waals surface area contributed by atoms with Crippen molar-refractivity contribution in [3.8, 4) is 11.5 Å². The predicted molar refractivity (Wildman–Crippen MR) is 69.9 cm³/mol. The Morgan fingerprint density at radius 1 is 1.26 bits per heavy atom. The van der Waals surface area contributed by atoms with Gasteiger partial charge in [-0.1, -0.05) is 0 Å². The summed E-state index contributed by atoms with van der Waals surface area (Å²) in [7, 11) is 2.93. The highest BCUT2D eigenvalue weighted by Crippen LogP contribution is 2.35. The SMILES string of the molecule is COc1cc(C(=O)NOCC(N)=O)cc(OC)c1Br. The van der Waals surface area contributed by atoms with E-state index in [0.29, 0.717) is 16.0 Å². The van der Waals surface area contributed by atoms with E-state index >= 15 is 0 Å². The number of ether oxygens (including phenoxy) is 2. The van der Waals surface area contributed by atoms with Crippen LogP contribution in [-0.4, -0.2) is 32.6 Å². The number of nitrogens with two attached hydrogens (primary N) is 1. The van der Waals surface area contributed by atoms with Gasteiger partial charge >= 0.3 is 0 Å². The number of hydrogen-bond acceptors (Lipinski definition) is 5. The number of carbonyl (C=O) groups is 2. The summed E-state index contributed by atoms with van der Waals surface area (Å²) in [6.07, 6.45) is 0. The van der Waals surface area contributed by atoms with Crippen molar-refractivity contribution < 1.29 is 23.9 Å². The third kappa shape index (κ3) is 4.11. The number of amides is 2. The third-order valence-electron chi connectivity index (χ3n) is 2.09. The second-order valence-corrected chi connectivity index (χ2v) is 4.17. The second kappa shape index (κ2) is 6.95. The zero-order valence-corrected chi connectivity index (χ0v) is 11.9. The van der Waals surface area contributed by atoms with Crippen molar-refractivity contribution in [1.82, 2.24) is 5.48 Å². The van der Waals surface area contributed by atoms with Gasteiger partial charge in [-0.2, -0.15) is 0 Å². The van der Waals surface area contributed by atoms with Crippen LogP contribution in [0.3, 0.4) is 0 Å². The molecule has 2 amide bonds. The number of hydroxylamine groups is 1. The lowest BCUT2D eigenvalue weighted by Crippen LogP contribution is -2.29. The van der Waals surface area contributed by atoms with Gasteiger partial charge in [0.2, 0.25) is 5.91 Å². The minimum absolute atomic E-state index is 0.251. The molecule has 0 unspecified atom stereocenters. The molecule has 0 fully saturated rings. The van der Waals surface area contributed by atoms with E-state index in [4.69, 9.17) is 15.2 Å². The van der Waals surface area contributed by atoms with Gasteiger partial charge in [-0.05, 0) is 28.1 Å². The molecule has 1 aromatic rings. The minimum atomic E-state index is -0.689. The highest BCUT2D eigenvalue weighted by atomic mass is 79.9. The van der Waals surface area contributed by atoms with Crippen molar-refractivity contribution >= 4 is 27.7 Å². The Morgan fingerprint density at radius 3 is 2.21 bits per heavy atom. The molecular weight excluding hydrogens is 320 g/mol. The molecule has 3 N–H and O–H groups in total.